The molecule has 0 aromatic rings. The van der Waals surface area contributed by atoms with Gasteiger partial charge in [-0.1, -0.05) is 0 Å². The topological polar surface area (TPSA) is 52.7 Å². The van der Waals surface area contributed by atoms with E-state index in [-0.39, 0.29) is 11.9 Å². The first-order valence-corrected chi connectivity index (χ1v) is 6.41. The molecule has 96 valence electrons. The van der Waals surface area contributed by atoms with Gasteiger partial charge in [-0.15, -0.1) is 0 Å². The number of carbonyl (C=O) groups excluding carboxylic acids is 2. The van der Waals surface area contributed by atoms with E-state index in [4.69, 9.17) is 0 Å². The highest BCUT2D eigenvalue weighted by Gasteiger charge is 2.25. The predicted octanol–water partition coefficient (Wildman–Crippen LogP) is -0.528. The van der Waals surface area contributed by atoms with Gasteiger partial charge in [0.1, 0.15) is 0 Å². The van der Waals surface area contributed by atoms with Crippen LogP contribution in [0.1, 0.15) is 19.8 Å². The summed E-state index contributed by atoms with van der Waals surface area (Å²) in [6, 6.07) is 0.0702. The van der Waals surface area contributed by atoms with Crippen LogP contribution in [-0.4, -0.2) is 66.8 Å². The minimum Gasteiger partial charge on any atom is -0.340 e. The lowest BCUT2D eigenvalue weighted by atomic mass is 10.1. The van der Waals surface area contributed by atoms with Gasteiger partial charge in [-0.25, -0.2) is 0 Å². The Balaban J connectivity index is 1.74. The van der Waals surface area contributed by atoms with Crippen molar-refractivity contribution >= 4 is 11.7 Å². The minimum atomic E-state index is 0.0702. The molecule has 2 fully saturated rings. The van der Waals surface area contributed by atoms with E-state index in [9.17, 15) is 9.59 Å². The van der Waals surface area contributed by atoms with Crippen molar-refractivity contribution in [3.05, 3.63) is 0 Å². The average molecular weight is 239 g/mol. The second kappa shape index (κ2) is 5.60. The number of ketones is 1. The molecular formula is C12H21N3O2. The van der Waals surface area contributed by atoms with Crippen LogP contribution in [0, 0.1) is 0 Å². The Hall–Kier alpha value is -0.940. The van der Waals surface area contributed by atoms with E-state index in [1.54, 1.807) is 6.92 Å². The third-order valence-electron chi connectivity index (χ3n) is 3.65. The molecule has 5 heteroatoms. The number of Topliss-reactive ketones (excluding diaryl/α,β-unsaturated/α-hetero) is 1. The summed E-state index contributed by atoms with van der Waals surface area (Å²) in [6.45, 7) is 6.23. The Bertz CT molecular complexity index is 292. The van der Waals surface area contributed by atoms with Crippen molar-refractivity contribution in [1.29, 1.82) is 0 Å². The lowest BCUT2D eigenvalue weighted by Crippen LogP contribution is -2.50. The average Bonchev–Trinajstić information content (AvgIpc) is 2.83. The number of piperazine rings is 1. The fraction of sp³-hybridized carbons (Fsp3) is 0.833. The van der Waals surface area contributed by atoms with E-state index in [0.717, 1.165) is 45.6 Å². The molecule has 0 bridgehead atoms. The van der Waals surface area contributed by atoms with E-state index >= 15 is 0 Å². The third-order valence-corrected chi connectivity index (χ3v) is 3.65. The molecule has 1 atom stereocenters. The van der Waals surface area contributed by atoms with Gasteiger partial charge < -0.3 is 10.2 Å². The molecule has 5 nitrogen and oxygen atoms in total. The molecule has 2 heterocycles. The largest absolute Gasteiger partial charge is 0.340 e. The van der Waals surface area contributed by atoms with Crippen LogP contribution in [0.15, 0.2) is 0 Å². The van der Waals surface area contributed by atoms with Gasteiger partial charge in [0, 0.05) is 33.1 Å². The van der Waals surface area contributed by atoms with Gasteiger partial charge >= 0.3 is 0 Å². The van der Waals surface area contributed by atoms with Crippen molar-refractivity contribution in [2.24, 2.45) is 0 Å². The lowest BCUT2D eigenvalue weighted by molar-refractivity contribution is -0.130. The number of nitrogens with one attached hydrogen (secondary N) is 1. The van der Waals surface area contributed by atoms with E-state index in [1.165, 1.54) is 0 Å². The van der Waals surface area contributed by atoms with Crippen LogP contribution in [0.3, 0.4) is 0 Å². The van der Waals surface area contributed by atoms with Crippen LogP contribution in [0.2, 0.25) is 0 Å². The van der Waals surface area contributed by atoms with Crippen molar-refractivity contribution in [1.82, 2.24) is 15.1 Å². The van der Waals surface area contributed by atoms with Crippen molar-refractivity contribution in [3.8, 4) is 0 Å². The number of carbonyl (C=O) groups is 2. The molecular weight excluding hydrogens is 218 g/mol. The molecule has 0 spiro atoms. The fourth-order valence-corrected chi connectivity index (χ4v) is 2.51. The lowest BCUT2D eigenvalue weighted by Gasteiger charge is -2.34. The third kappa shape index (κ3) is 3.26. The monoisotopic (exact) mass is 239 g/mol. The van der Waals surface area contributed by atoms with E-state index in [1.807, 2.05) is 4.90 Å². The molecule has 1 unspecified atom stereocenters. The molecule has 0 aromatic carbocycles. The number of rotatable bonds is 3. The SMILES string of the molecule is CC(=O)N1CCN(CC(=O)C2CCCN2)CC1. The maximum Gasteiger partial charge on any atom is 0.219 e. The minimum absolute atomic E-state index is 0.0702. The first-order chi connectivity index (χ1) is 8.16. The van der Waals surface area contributed by atoms with Crippen LogP contribution in [0.25, 0.3) is 0 Å². The van der Waals surface area contributed by atoms with E-state index in [2.05, 4.69) is 10.2 Å². The molecule has 0 aromatic heterocycles. The molecule has 0 aliphatic carbocycles. The van der Waals surface area contributed by atoms with Crippen molar-refractivity contribution in [2.45, 2.75) is 25.8 Å². The van der Waals surface area contributed by atoms with Gasteiger partial charge in [-0.05, 0) is 19.4 Å². The summed E-state index contributed by atoms with van der Waals surface area (Å²) in [7, 11) is 0. The van der Waals surface area contributed by atoms with E-state index in [0.29, 0.717) is 12.3 Å². The van der Waals surface area contributed by atoms with Gasteiger partial charge in [0.05, 0.1) is 12.6 Å². The summed E-state index contributed by atoms with van der Waals surface area (Å²) >= 11 is 0. The predicted molar refractivity (Wildman–Crippen MR) is 64.7 cm³/mol. The Kier molecular flexibility index (Phi) is 4.12. The molecule has 17 heavy (non-hydrogen) atoms. The number of hydrogen-bond acceptors (Lipinski definition) is 4. The Morgan fingerprint density at radius 3 is 2.47 bits per heavy atom. The summed E-state index contributed by atoms with van der Waals surface area (Å²) in [5.74, 6) is 0.437. The summed E-state index contributed by atoms with van der Waals surface area (Å²) in [5, 5.41) is 3.23. The van der Waals surface area contributed by atoms with Gasteiger partial charge in [-0.2, -0.15) is 0 Å². The van der Waals surface area contributed by atoms with Crippen molar-refractivity contribution in [3.63, 3.8) is 0 Å². The second-order valence-electron chi connectivity index (χ2n) is 4.90. The Morgan fingerprint density at radius 1 is 1.24 bits per heavy atom. The summed E-state index contributed by atoms with van der Waals surface area (Å²) in [5.41, 5.74) is 0. The van der Waals surface area contributed by atoms with Crippen molar-refractivity contribution < 1.29 is 9.59 Å². The molecule has 1 amide bonds. The Morgan fingerprint density at radius 2 is 1.94 bits per heavy atom. The Labute approximate surface area is 102 Å². The van der Waals surface area contributed by atoms with Gasteiger partial charge in [0.2, 0.25) is 5.91 Å². The summed E-state index contributed by atoms with van der Waals surface area (Å²) < 4.78 is 0. The van der Waals surface area contributed by atoms with Crippen LogP contribution in [0.5, 0.6) is 0 Å². The molecule has 0 saturated carbocycles. The quantitative estimate of drug-likeness (QED) is 0.719. The van der Waals surface area contributed by atoms with Crippen LogP contribution in [-0.2, 0) is 9.59 Å². The van der Waals surface area contributed by atoms with Gasteiger partial charge in [0.15, 0.2) is 5.78 Å². The number of nitrogens with zero attached hydrogens (tertiary/aromatic N) is 2. The smallest absolute Gasteiger partial charge is 0.219 e. The maximum atomic E-state index is 11.9. The molecule has 0 radical (unpaired) electrons. The van der Waals surface area contributed by atoms with E-state index < -0.39 is 0 Å². The van der Waals surface area contributed by atoms with Gasteiger partial charge in [-0.3, -0.25) is 14.5 Å². The zero-order chi connectivity index (χ0) is 12.3. The highest BCUT2D eigenvalue weighted by molar-refractivity contribution is 5.86. The normalized spacial score (nSPS) is 26.2. The number of hydrogen-bond donors (Lipinski definition) is 1. The first-order valence-electron chi connectivity index (χ1n) is 6.41. The highest BCUT2D eigenvalue weighted by atomic mass is 16.2. The molecule has 1 N–H and O–H groups in total. The highest BCUT2D eigenvalue weighted by Crippen LogP contribution is 2.08. The van der Waals surface area contributed by atoms with Crippen LogP contribution < -0.4 is 5.32 Å². The van der Waals surface area contributed by atoms with Crippen molar-refractivity contribution in [2.75, 3.05) is 39.3 Å². The molecule has 2 aliphatic rings. The van der Waals surface area contributed by atoms with Crippen LogP contribution >= 0.6 is 0 Å². The molecule has 2 aliphatic heterocycles. The standard InChI is InChI=1S/C12H21N3O2/c1-10(16)15-7-5-14(6-8-15)9-12(17)11-3-2-4-13-11/h11,13H,2-9H2,1H3. The number of amides is 1. The first kappa shape index (κ1) is 12.5. The zero-order valence-electron chi connectivity index (χ0n) is 10.4. The molecule has 2 rings (SSSR count). The van der Waals surface area contributed by atoms with Gasteiger partial charge in [0.25, 0.3) is 0 Å². The zero-order valence-corrected chi connectivity index (χ0v) is 10.4. The summed E-state index contributed by atoms with van der Waals surface area (Å²) in [6.07, 6.45) is 2.08. The maximum absolute atomic E-state index is 11.9. The summed E-state index contributed by atoms with van der Waals surface area (Å²) in [4.78, 5) is 27.1. The fourth-order valence-electron chi connectivity index (χ4n) is 2.51. The molecule has 2 saturated heterocycles. The van der Waals surface area contributed by atoms with Crippen LogP contribution in [0.4, 0.5) is 0 Å². The second-order valence-corrected chi connectivity index (χ2v) is 4.90.